The maximum absolute atomic E-state index is 13.7. The van der Waals surface area contributed by atoms with E-state index in [-0.39, 0.29) is 6.61 Å². The minimum absolute atomic E-state index is 0.140. The van der Waals surface area contributed by atoms with E-state index < -0.39 is 65.0 Å². The zero-order chi connectivity index (χ0) is 27.5. The van der Waals surface area contributed by atoms with Gasteiger partial charge in [0.1, 0.15) is 24.6 Å². The van der Waals surface area contributed by atoms with Gasteiger partial charge in [-0.05, 0) is 44.7 Å². The molecule has 2 N–H and O–H groups in total. The fourth-order valence-electron chi connectivity index (χ4n) is 8.09. The molecule has 208 valence electrons. The predicted octanol–water partition coefficient (Wildman–Crippen LogP) is 3.94. The Hall–Kier alpha value is -2.26. The number of fused-ring (bicyclic) bond motifs is 5. The van der Waals surface area contributed by atoms with Gasteiger partial charge in [0, 0.05) is 24.2 Å². The van der Waals surface area contributed by atoms with E-state index in [0.29, 0.717) is 37.7 Å². The molecule has 1 unspecified atom stereocenters. The quantitative estimate of drug-likeness (QED) is 0.336. The Kier molecular flexibility index (Phi) is 6.78. The molecule has 5 rings (SSSR count). The van der Waals surface area contributed by atoms with Crippen molar-refractivity contribution < 1.29 is 38.7 Å². The van der Waals surface area contributed by atoms with Crippen molar-refractivity contribution in [2.24, 2.45) is 16.7 Å². The lowest BCUT2D eigenvalue weighted by atomic mass is 9.45. The van der Waals surface area contributed by atoms with Gasteiger partial charge in [-0.1, -0.05) is 50.1 Å². The van der Waals surface area contributed by atoms with Crippen molar-refractivity contribution >= 4 is 11.9 Å². The zero-order valence-corrected chi connectivity index (χ0v) is 23.0. The third kappa shape index (κ3) is 3.86. The van der Waals surface area contributed by atoms with E-state index in [1.807, 2.05) is 19.9 Å². The predicted molar refractivity (Wildman–Crippen MR) is 138 cm³/mol. The summed E-state index contributed by atoms with van der Waals surface area (Å²) in [5, 5.41) is 22.6. The molecule has 1 saturated heterocycles. The molecule has 1 heterocycles. The number of hydrogen-bond acceptors (Lipinski definition) is 8. The SMILES string of the molecule is CC(=O)O[C@@]12CO[C@@H]1C[C@H](OCO)[C@@]1(C)CCC3=C(C)CC[C@@](O)([C@@H](OC(=O)c4ccccc4)C12)C3(C)C. The lowest BCUT2D eigenvalue weighted by Crippen LogP contribution is -2.79. The van der Waals surface area contributed by atoms with Crippen LogP contribution in [0.5, 0.6) is 0 Å². The van der Waals surface area contributed by atoms with E-state index in [0.717, 1.165) is 5.57 Å². The van der Waals surface area contributed by atoms with E-state index in [1.54, 1.807) is 24.3 Å². The lowest BCUT2D eigenvalue weighted by molar-refractivity contribution is -0.356. The number of allylic oxidation sites excluding steroid dienone is 1. The first-order chi connectivity index (χ1) is 17.9. The van der Waals surface area contributed by atoms with Gasteiger partial charge in [-0.15, -0.1) is 0 Å². The number of rotatable bonds is 5. The van der Waals surface area contributed by atoms with Crippen LogP contribution in [-0.4, -0.2) is 65.1 Å². The second kappa shape index (κ2) is 9.44. The summed E-state index contributed by atoms with van der Waals surface area (Å²) in [4.78, 5) is 26.2. The molecule has 1 aromatic carbocycles. The maximum Gasteiger partial charge on any atom is 0.338 e. The monoisotopic (exact) mass is 528 g/mol. The highest BCUT2D eigenvalue weighted by atomic mass is 16.6. The Bertz CT molecular complexity index is 1130. The molecule has 7 atom stereocenters. The van der Waals surface area contributed by atoms with Crippen LogP contribution in [0.15, 0.2) is 41.5 Å². The summed E-state index contributed by atoms with van der Waals surface area (Å²) in [5.41, 5.74) is -1.20. The molecular formula is C30H40O8. The fourth-order valence-corrected chi connectivity index (χ4v) is 8.09. The van der Waals surface area contributed by atoms with E-state index in [2.05, 4.69) is 13.8 Å². The van der Waals surface area contributed by atoms with E-state index in [9.17, 15) is 19.8 Å². The first kappa shape index (κ1) is 27.3. The molecule has 8 heteroatoms. The summed E-state index contributed by atoms with van der Waals surface area (Å²) in [6.07, 6.45) is 0.831. The lowest BCUT2D eigenvalue weighted by Gasteiger charge is -2.68. The fraction of sp³-hybridized carbons (Fsp3) is 0.667. The van der Waals surface area contributed by atoms with Crippen molar-refractivity contribution in [2.45, 2.75) is 96.2 Å². The molecule has 2 bridgehead atoms. The maximum atomic E-state index is 13.7. The number of aliphatic hydroxyl groups is 2. The van der Waals surface area contributed by atoms with Crippen molar-refractivity contribution in [3.05, 3.63) is 47.0 Å². The molecule has 1 aromatic rings. The Labute approximate surface area is 224 Å². The third-order valence-electron chi connectivity index (χ3n) is 10.2. The number of benzene rings is 1. The number of hydrogen-bond donors (Lipinski definition) is 2. The van der Waals surface area contributed by atoms with Gasteiger partial charge in [0.05, 0.1) is 24.2 Å². The first-order valence-electron chi connectivity index (χ1n) is 13.6. The van der Waals surface area contributed by atoms with Gasteiger partial charge in [0.25, 0.3) is 0 Å². The normalized spacial score (nSPS) is 39.6. The van der Waals surface area contributed by atoms with Crippen LogP contribution in [0, 0.1) is 16.7 Å². The Morgan fingerprint density at radius 1 is 1.11 bits per heavy atom. The number of carbonyl (C=O) groups excluding carboxylic acids is 2. The van der Waals surface area contributed by atoms with Gasteiger partial charge in [-0.25, -0.2) is 4.79 Å². The van der Waals surface area contributed by atoms with Gasteiger partial charge in [0.15, 0.2) is 5.60 Å². The van der Waals surface area contributed by atoms with Crippen LogP contribution < -0.4 is 0 Å². The van der Waals surface area contributed by atoms with Crippen molar-refractivity contribution in [3.63, 3.8) is 0 Å². The minimum atomic E-state index is -1.45. The highest BCUT2D eigenvalue weighted by Gasteiger charge is 2.74. The Morgan fingerprint density at radius 2 is 1.82 bits per heavy atom. The molecule has 3 fully saturated rings. The van der Waals surface area contributed by atoms with E-state index >= 15 is 0 Å². The molecule has 2 saturated carbocycles. The number of carbonyl (C=O) groups is 2. The third-order valence-corrected chi connectivity index (χ3v) is 10.2. The molecule has 0 amide bonds. The van der Waals surface area contributed by atoms with Crippen LogP contribution in [0.3, 0.4) is 0 Å². The molecule has 4 aliphatic rings. The number of esters is 2. The van der Waals surface area contributed by atoms with Gasteiger partial charge in [0.2, 0.25) is 0 Å². The summed E-state index contributed by atoms with van der Waals surface area (Å²) >= 11 is 0. The summed E-state index contributed by atoms with van der Waals surface area (Å²) in [6.45, 7) is 9.24. The first-order valence-corrected chi connectivity index (χ1v) is 13.6. The summed E-state index contributed by atoms with van der Waals surface area (Å²) in [7, 11) is 0. The minimum Gasteiger partial charge on any atom is -0.455 e. The average molecular weight is 529 g/mol. The highest BCUT2D eigenvalue weighted by Crippen LogP contribution is 2.65. The Morgan fingerprint density at radius 3 is 2.42 bits per heavy atom. The standard InChI is InChI=1S/C30H40O8/c1-18-11-14-30(34)25(37-26(33)20-9-7-6-8-10-20)24-28(5,13-12-21(18)27(30,3)4)22(36-17-31)15-23-29(24,16-35-23)38-19(2)32/h6-10,22-25,31,34H,11-17H2,1-5H3/t22-,23+,24?,25-,28+,29-,30+/m0/s1. The molecule has 1 aliphatic heterocycles. The molecule has 38 heavy (non-hydrogen) atoms. The van der Waals surface area contributed by atoms with Gasteiger partial charge in [-0.2, -0.15) is 0 Å². The van der Waals surface area contributed by atoms with E-state index in [4.69, 9.17) is 18.9 Å². The van der Waals surface area contributed by atoms with Crippen LogP contribution in [0.4, 0.5) is 0 Å². The number of ether oxygens (including phenoxy) is 4. The van der Waals surface area contributed by atoms with E-state index in [1.165, 1.54) is 12.5 Å². The smallest absolute Gasteiger partial charge is 0.338 e. The topological polar surface area (TPSA) is 112 Å². The molecule has 0 spiro atoms. The summed E-state index contributed by atoms with van der Waals surface area (Å²) in [6, 6.07) is 8.73. The van der Waals surface area contributed by atoms with Gasteiger partial charge in [-0.3, -0.25) is 4.79 Å². The summed E-state index contributed by atoms with van der Waals surface area (Å²) < 4.78 is 24.4. The highest BCUT2D eigenvalue weighted by molar-refractivity contribution is 5.89. The Balaban J connectivity index is 1.73. The summed E-state index contributed by atoms with van der Waals surface area (Å²) in [5.74, 6) is -1.64. The van der Waals surface area contributed by atoms with Crippen molar-refractivity contribution in [2.75, 3.05) is 13.4 Å². The molecule has 8 nitrogen and oxygen atoms in total. The molecule has 0 aromatic heterocycles. The van der Waals surface area contributed by atoms with Gasteiger partial charge < -0.3 is 29.2 Å². The molecule has 3 aliphatic carbocycles. The second-order valence-electron chi connectivity index (χ2n) is 12.4. The molecular weight excluding hydrogens is 488 g/mol. The molecule has 0 radical (unpaired) electrons. The van der Waals surface area contributed by atoms with Crippen molar-refractivity contribution in [1.29, 1.82) is 0 Å². The van der Waals surface area contributed by atoms with Gasteiger partial charge >= 0.3 is 11.9 Å². The largest absolute Gasteiger partial charge is 0.455 e. The van der Waals surface area contributed by atoms with Crippen LogP contribution in [0.1, 0.15) is 77.1 Å². The van der Waals surface area contributed by atoms with Crippen LogP contribution in [-0.2, 0) is 23.7 Å². The van der Waals surface area contributed by atoms with Crippen LogP contribution in [0.25, 0.3) is 0 Å². The average Bonchev–Trinajstić information content (AvgIpc) is 2.86. The van der Waals surface area contributed by atoms with Crippen LogP contribution in [0.2, 0.25) is 0 Å². The zero-order valence-electron chi connectivity index (χ0n) is 23.0. The second-order valence-corrected chi connectivity index (χ2v) is 12.4. The van der Waals surface area contributed by atoms with Crippen LogP contribution >= 0.6 is 0 Å². The number of aliphatic hydroxyl groups excluding tert-OH is 1. The van der Waals surface area contributed by atoms with Crippen molar-refractivity contribution in [3.8, 4) is 0 Å². The van der Waals surface area contributed by atoms with Crippen molar-refractivity contribution in [1.82, 2.24) is 0 Å².